The topological polar surface area (TPSA) is 86.5 Å². The second-order valence-corrected chi connectivity index (χ2v) is 3.83. The summed E-state index contributed by atoms with van der Waals surface area (Å²) in [5.74, 6) is 0. The number of benzene rings is 1. The molecule has 3 N–H and O–H groups in total. The van der Waals surface area contributed by atoms with Crippen molar-refractivity contribution in [1.82, 2.24) is 9.97 Å². The van der Waals surface area contributed by atoms with Gasteiger partial charge in [-0.05, 0) is 24.1 Å². The predicted octanol–water partition coefficient (Wildman–Crippen LogP) is 0.406. The number of aromatic nitrogens is 2. The van der Waals surface area contributed by atoms with Gasteiger partial charge in [-0.15, -0.1) is 0 Å². The largest absolute Gasteiger partial charge is 0.396 e. The van der Waals surface area contributed by atoms with Gasteiger partial charge >= 0.3 is 0 Å². The molecule has 2 rings (SSSR count). The van der Waals surface area contributed by atoms with Crippen LogP contribution in [-0.2, 0) is 0 Å². The summed E-state index contributed by atoms with van der Waals surface area (Å²) in [4.78, 5) is 8.24. The van der Waals surface area contributed by atoms with Gasteiger partial charge in [0.15, 0.2) is 0 Å². The van der Waals surface area contributed by atoms with E-state index in [1.807, 2.05) is 0 Å². The summed E-state index contributed by atoms with van der Waals surface area (Å²) in [7, 11) is 0. The quantitative estimate of drug-likeness (QED) is 0.713. The van der Waals surface area contributed by atoms with Crippen molar-refractivity contribution >= 4 is 11.0 Å². The summed E-state index contributed by atoms with van der Waals surface area (Å²) >= 11 is 0. The molecule has 5 nitrogen and oxygen atoms in total. The lowest BCUT2D eigenvalue weighted by molar-refractivity contribution is 0.00428. The maximum atomic E-state index is 9.87. The van der Waals surface area contributed by atoms with Gasteiger partial charge in [0, 0.05) is 19.0 Å². The smallest absolute Gasteiger partial charge is 0.105 e. The Hall–Kier alpha value is -1.56. The first-order valence-corrected chi connectivity index (χ1v) is 5.40. The van der Waals surface area contributed by atoms with Crippen LogP contribution in [0.1, 0.15) is 18.1 Å². The third-order valence-electron chi connectivity index (χ3n) is 2.62. The van der Waals surface area contributed by atoms with Gasteiger partial charge in [-0.1, -0.05) is 6.07 Å². The van der Waals surface area contributed by atoms with Crippen LogP contribution in [0, 0.1) is 0 Å². The molecule has 0 radical (unpaired) electrons. The summed E-state index contributed by atoms with van der Waals surface area (Å²) in [6.45, 7) is -0.161. The molecule has 0 amide bonds. The van der Waals surface area contributed by atoms with Crippen molar-refractivity contribution in [1.29, 1.82) is 0 Å². The number of hydrogen-bond donors (Lipinski definition) is 3. The molecule has 90 valence electrons. The van der Waals surface area contributed by atoms with E-state index in [1.54, 1.807) is 30.6 Å². The number of nitrogens with zero attached hydrogens (tertiary/aromatic N) is 2. The van der Waals surface area contributed by atoms with Crippen LogP contribution in [-0.4, -0.2) is 38.0 Å². The van der Waals surface area contributed by atoms with E-state index in [9.17, 15) is 10.2 Å². The van der Waals surface area contributed by atoms with Gasteiger partial charge in [0.2, 0.25) is 0 Å². The van der Waals surface area contributed by atoms with E-state index >= 15 is 0 Å². The lowest BCUT2D eigenvalue weighted by Crippen LogP contribution is -2.19. The highest BCUT2D eigenvalue weighted by Crippen LogP contribution is 2.21. The zero-order valence-corrected chi connectivity index (χ0v) is 9.19. The highest BCUT2D eigenvalue weighted by atomic mass is 16.3. The van der Waals surface area contributed by atoms with Crippen LogP contribution < -0.4 is 0 Å². The number of fused-ring (bicyclic) bond motifs is 1. The monoisotopic (exact) mass is 234 g/mol. The average molecular weight is 234 g/mol. The normalized spacial score (nSPS) is 14.8. The molecule has 0 aliphatic rings. The Bertz CT molecular complexity index is 504. The number of aliphatic hydroxyl groups is 3. The molecule has 17 heavy (non-hydrogen) atoms. The molecule has 1 heterocycles. The Kier molecular flexibility index (Phi) is 3.63. The van der Waals surface area contributed by atoms with E-state index in [2.05, 4.69) is 9.97 Å². The van der Waals surface area contributed by atoms with Gasteiger partial charge in [-0.2, -0.15) is 0 Å². The molecule has 1 aromatic heterocycles. The van der Waals surface area contributed by atoms with E-state index < -0.39 is 12.2 Å². The zero-order valence-electron chi connectivity index (χ0n) is 9.19. The highest BCUT2D eigenvalue weighted by Gasteiger charge is 2.18. The highest BCUT2D eigenvalue weighted by molar-refractivity contribution is 5.74. The second-order valence-electron chi connectivity index (χ2n) is 3.83. The Morgan fingerprint density at radius 3 is 2.47 bits per heavy atom. The van der Waals surface area contributed by atoms with Crippen LogP contribution in [0.25, 0.3) is 11.0 Å². The van der Waals surface area contributed by atoms with Crippen LogP contribution >= 0.6 is 0 Å². The molecule has 0 bridgehead atoms. The van der Waals surface area contributed by atoms with Crippen LogP contribution in [0.5, 0.6) is 0 Å². The van der Waals surface area contributed by atoms with Crippen LogP contribution in [0.2, 0.25) is 0 Å². The average Bonchev–Trinajstić information content (AvgIpc) is 2.37. The molecule has 0 saturated heterocycles. The Morgan fingerprint density at radius 1 is 1.06 bits per heavy atom. The molecular formula is C12H14N2O3. The van der Waals surface area contributed by atoms with Crippen molar-refractivity contribution in [3.63, 3.8) is 0 Å². The van der Waals surface area contributed by atoms with Crippen LogP contribution in [0.15, 0.2) is 30.6 Å². The van der Waals surface area contributed by atoms with E-state index in [4.69, 9.17) is 5.11 Å². The first-order valence-electron chi connectivity index (χ1n) is 5.40. The van der Waals surface area contributed by atoms with Crippen LogP contribution in [0.3, 0.4) is 0 Å². The fourth-order valence-electron chi connectivity index (χ4n) is 1.68. The Labute approximate surface area is 98.4 Å². The van der Waals surface area contributed by atoms with Crippen molar-refractivity contribution < 1.29 is 15.3 Å². The summed E-state index contributed by atoms with van der Waals surface area (Å²) < 4.78 is 0. The summed E-state index contributed by atoms with van der Waals surface area (Å²) in [6, 6.07) is 5.13. The molecule has 0 fully saturated rings. The number of rotatable bonds is 4. The Morgan fingerprint density at radius 2 is 1.76 bits per heavy atom. The maximum absolute atomic E-state index is 9.87. The van der Waals surface area contributed by atoms with E-state index in [0.717, 1.165) is 5.52 Å². The number of aliphatic hydroxyl groups excluding tert-OH is 3. The fourth-order valence-corrected chi connectivity index (χ4v) is 1.68. The first kappa shape index (κ1) is 11.9. The van der Waals surface area contributed by atoms with E-state index in [1.165, 1.54) is 0 Å². The maximum Gasteiger partial charge on any atom is 0.105 e. The standard InChI is InChI=1S/C12H14N2O3/c15-6-3-11(16)12(17)8-1-2-9-10(7-8)14-5-4-13-9/h1-2,4-5,7,11-12,15-17H,3,6H2. The third kappa shape index (κ3) is 2.58. The number of hydrogen-bond acceptors (Lipinski definition) is 5. The van der Waals surface area contributed by atoms with Crippen molar-refractivity contribution in [3.8, 4) is 0 Å². The lowest BCUT2D eigenvalue weighted by atomic mass is 10.0. The van der Waals surface area contributed by atoms with Gasteiger partial charge < -0.3 is 15.3 Å². The molecule has 0 aliphatic heterocycles. The fraction of sp³-hybridized carbons (Fsp3) is 0.333. The van der Waals surface area contributed by atoms with E-state index in [0.29, 0.717) is 11.1 Å². The molecule has 2 aromatic rings. The van der Waals surface area contributed by atoms with Crippen molar-refractivity contribution in [2.75, 3.05) is 6.61 Å². The molecular weight excluding hydrogens is 220 g/mol. The molecule has 0 spiro atoms. The van der Waals surface area contributed by atoms with E-state index in [-0.39, 0.29) is 13.0 Å². The Balaban J connectivity index is 2.29. The van der Waals surface area contributed by atoms with Gasteiger partial charge in [0.25, 0.3) is 0 Å². The third-order valence-corrected chi connectivity index (χ3v) is 2.62. The molecule has 2 atom stereocenters. The van der Waals surface area contributed by atoms with Crippen molar-refractivity contribution in [2.24, 2.45) is 0 Å². The molecule has 0 saturated carbocycles. The van der Waals surface area contributed by atoms with Crippen molar-refractivity contribution in [3.05, 3.63) is 36.2 Å². The van der Waals surface area contributed by atoms with Gasteiger partial charge in [-0.25, -0.2) is 0 Å². The van der Waals surface area contributed by atoms with Gasteiger partial charge in [0.05, 0.1) is 17.1 Å². The zero-order chi connectivity index (χ0) is 12.3. The summed E-state index contributed by atoms with van der Waals surface area (Å²) in [5, 5.41) is 28.2. The van der Waals surface area contributed by atoms with Crippen LogP contribution in [0.4, 0.5) is 0 Å². The first-order chi connectivity index (χ1) is 8.22. The SMILES string of the molecule is OCCC(O)C(O)c1ccc2nccnc2c1. The van der Waals surface area contributed by atoms with Gasteiger partial charge in [-0.3, -0.25) is 9.97 Å². The predicted molar refractivity (Wildman–Crippen MR) is 62.2 cm³/mol. The second kappa shape index (κ2) is 5.18. The molecule has 0 aliphatic carbocycles. The minimum Gasteiger partial charge on any atom is -0.396 e. The minimum absolute atomic E-state index is 0.139. The van der Waals surface area contributed by atoms with Gasteiger partial charge in [0.1, 0.15) is 6.10 Å². The lowest BCUT2D eigenvalue weighted by Gasteiger charge is -2.17. The molecule has 1 aromatic carbocycles. The molecule has 2 unspecified atom stereocenters. The minimum atomic E-state index is -1.02. The summed E-state index contributed by atoms with van der Waals surface area (Å²) in [5.41, 5.74) is 1.97. The summed E-state index contributed by atoms with van der Waals surface area (Å²) in [6.07, 6.45) is 1.31. The molecule has 5 heteroatoms. The van der Waals surface area contributed by atoms with Crippen molar-refractivity contribution in [2.45, 2.75) is 18.6 Å².